The molecule has 19 heavy (non-hydrogen) atoms. The standard InChI is InChI=1S/C14H19NO3S/c1-19(17,18)13-10-6-5-9-12(13)14(16)15-11-7-3-2-4-8-11/h5-6,9-11H,2-4,7-8H2,1H3,(H,15,16). The summed E-state index contributed by atoms with van der Waals surface area (Å²) in [7, 11) is -3.38. The minimum absolute atomic E-state index is 0.100. The predicted molar refractivity (Wildman–Crippen MR) is 73.9 cm³/mol. The van der Waals surface area contributed by atoms with Crippen LogP contribution in [0.4, 0.5) is 0 Å². The molecular formula is C14H19NO3S. The van der Waals surface area contributed by atoms with E-state index in [9.17, 15) is 13.2 Å². The van der Waals surface area contributed by atoms with E-state index in [0.29, 0.717) is 0 Å². The van der Waals surface area contributed by atoms with Crippen LogP contribution in [0.15, 0.2) is 29.2 Å². The third-order valence-electron chi connectivity index (χ3n) is 3.47. The van der Waals surface area contributed by atoms with Crippen molar-refractivity contribution < 1.29 is 13.2 Å². The van der Waals surface area contributed by atoms with E-state index >= 15 is 0 Å². The van der Waals surface area contributed by atoms with Crippen LogP contribution in [0.25, 0.3) is 0 Å². The van der Waals surface area contributed by atoms with Gasteiger partial charge in [-0.25, -0.2) is 8.42 Å². The average molecular weight is 281 g/mol. The van der Waals surface area contributed by atoms with E-state index in [-0.39, 0.29) is 22.4 Å². The van der Waals surface area contributed by atoms with Crippen LogP contribution in [-0.2, 0) is 9.84 Å². The Hall–Kier alpha value is -1.36. The van der Waals surface area contributed by atoms with E-state index in [1.807, 2.05) is 0 Å². The molecule has 1 aliphatic carbocycles. The van der Waals surface area contributed by atoms with Crippen molar-refractivity contribution in [2.24, 2.45) is 0 Å². The summed E-state index contributed by atoms with van der Waals surface area (Å²) >= 11 is 0. The molecule has 1 aliphatic rings. The fourth-order valence-electron chi connectivity index (χ4n) is 2.49. The van der Waals surface area contributed by atoms with Gasteiger partial charge in [-0.05, 0) is 25.0 Å². The second-order valence-corrected chi connectivity index (χ2v) is 7.06. The summed E-state index contributed by atoms with van der Waals surface area (Å²) in [4.78, 5) is 12.3. The van der Waals surface area contributed by atoms with Crippen molar-refractivity contribution in [2.75, 3.05) is 6.26 Å². The van der Waals surface area contributed by atoms with Crippen molar-refractivity contribution in [2.45, 2.75) is 43.0 Å². The highest BCUT2D eigenvalue weighted by Crippen LogP contribution is 2.19. The number of hydrogen-bond donors (Lipinski definition) is 1. The van der Waals surface area contributed by atoms with Crippen LogP contribution in [0, 0.1) is 0 Å². The number of carbonyl (C=O) groups excluding carboxylic acids is 1. The Labute approximate surface area is 114 Å². The van der Waals surface area contributed by atoms with Gasteiger partial charge in [-0.15, -0.1) is 0 Å². The van der Waals surface area contributed by atoms with E-state index in [4.69, 9.17) is 0 Å². The maximum absolute atomic E-state index is 12.2. The zero-order chi connectivity index (χ0) is 13.9. The van der Waals surface area contributed by atoms with Gasteiger partial charge in [0.1, 0.15) is 0 Å². The summed E-state index contributed by atoms with van der Waals surface area (Å²) in [5.74, 6) is -0.284. The van der Waals surface area contributed by atoms with E-state index in [1.165, 1.54) is 12.5 Å². The van der Waals surface area contributed by atoms with Crippen molar-refractivity contribution in [3.05, 3.63) is 29.8 Å². The second kappa shape index (κ2) is 5.74. The second-order valence-electron chi connectivity index (χ2n) is 5.08. The van der Waals surface area contributed by atoms with Crippen LogP contribution < -0.4 is 5.32 Å². The van der Waals surface area contributed by atoms with Crippen LogP contribution in [0.5, 0.6) is 0 Å². The number of hydrogen-bond acceptors (Lipinski definition) is 3. The molecule has 1 saturated carbocycles. The Morgan fingerprint density at radius 1 is 1.16 bits per heavy atom. The highest BCUT2D eigenvalue weighted by Gasteiger charge is 2.21. The maximum Gasteiger partial charge on any atom is 0.252 e. The summed E-state index contributed by atoms with van der Waals surface area (Å²) < 4.78 is 23.3. The summed E-state index contributed by atoms with van der Waals surface area (Å²) in [6.07, 6.45) is 6.54. The molecule has 0 aliphatic heterocycles. The lowest BCUT2D eigenvalue weighted by atomic mass is 9.95. The lowest BCUT2D eigenvalue weighted by molar-refractivity contribution is 0.0924. The SMILES string of the molecule is CS(=O)(=O)c1ccccc1C(=O)NC1CCCCC1. The lowest BCUT2D eigenvalue weighted by Crippen LogP contribution is -2.36. The Kier molecular flexibility index (Phi) is 4.24. The average Bonchev–Trinajstić information content (AvgIpc) is 2.39. The number of sulfone groups is 1. The zero-order valence-electron chi connectivity index (χ0n) is 11.1. The molecule has 1 aromatic carbocycles. The molecule has 1 N–H and O–H groups in total. The van der Waals surface area contributed by atoms with Crippen molar-refractivity contribution in [3.8, 4) is 0 Å². The molecule has 4 nitrogen and oxygen atoms in total. The van der Waals surface area contributed by atoms with Crippen molar-refractivity contribution in [3.63, 3.8) is 0 Å². The van der Waals surface area contributed by atoms with Crippen LogP contribution in [-0.4, -0.2) is 26.6 Å². The Balaban J connectivity index is 2.19. The predicted octanol–water partition coefficient (Wildman–Crippen LogP) is 2.15. The summed E-state index contributed by atoms with van der Waals surface area (Å²) in [5.41, 5.74) is 0.246. The van der Waals surface area contributed by atoms with Gasteiger partial charge in [0, 0.05) is 12.3 Å². The Morgan fingerprint density at radius 2 is 1.79 bits per heavy atom. The Bertz CT molecular complexity index is 560. The molecule has 0 spiro atoms. The largest absolute Gasteiger partial charge is 0.349 e. The molecule has 1 fully saturated rings. The number of carbonyl (C=O) groups is 1. The van der Waals surface area contributed by atoms with Crippen molar-refractivity contribution >= 4 is 15.7 Å². The summed E-state index contributed by atoms with van der Waals surface area (Å²) in [6.45, 7) is 0. The monoisotopic (exact) mass is 281 g/mol. The first-order valence-corrected chi connectivity index (χ1v) is 8.47. The summed E-state index contributed by atoms with van der Waals surface area (Å²) in [6, 6.07) is 6.53. The molecule has 5 heteroatoms. The van der Waals surface area contributed by atoms with Crippen LogP contribution in [0.3, 0.4) is 0 Å². The van der Waals surface area contributed by atoms with Gasteiger partial charge in [-0.1, -0.05) is 31.4 Å². The number of benzene rings is 1. The number of rotatable bonds is 3. The molecular weight excluding hydrogens is 262 g/mol. The quantitative estimate of drug-likeness (QED) is 0.923. The topological polar surface area (TPSA) is 63.2 Å². The van der Waals surface area contributed by atoms with Gasteiger partial charge in [0.15, 0.2) is 9.84 Å². The third-order valence-corrected chi connectivity index (χ3v) is 4.63. The highest BCUT2D eigenvalue weighted by molar-refractivity contribution is 7.90. The van der Waals surface area contributed by atoms with Gasteiger partial charge >= 0.3 is 0 Å². The zero-order valence-corrected chi connectivity index (χ0v) is 11.9. The molecule has 0 bridgehead atoms. The molecule has 1 aromatic rings. The molecule has 2 rings (SSSR count). The molecule has 0 unspecified atom stereocenters. The first-order valence-electron chi connectivity index (χ1n) is 6.58. The van der Waals surface area contributed by atoms with Crippen LogP contribution in [0.2, 0.25) is 0 Å². The lowest BCUT2D eigenvalue weighted by Gasteiger charge is -2.23. The van der Waals surface area contributed by atoms with Crippen LogP contribution >= 0.6 is 0 Å². The van der Waals surface area contributed by atoms with Gasteiger partial charge in [0.05, 0.1) is 10.5 Å². The fraction of sp³-hybridized carbons (Fsp3) is 0.500. The Morgan fingerprint density at radius 3 is 2.42 bits per heavy atom. The molecule has 0 aromatic heterocycles. The van der Waals surface area contributed by atoms with E-state index in [1.54, 1.807) is 18.2 Å². The number of amides is 1. The molecule has 0 saturated heterocycles. The molecule has 1 amide bonds. The molecule has 0 atom stereocenters. The fourth-order valence-corrected chi connectivity index (χ4v) is 3.37. The van der Waals surface area contributed by atoms with Crippen LogP contribution in [0.1, 0.15) is 42.5 Å². The molecule has 0 heterocycles. The minimum Gasteiger partial charge on any atom is -0.349 e. The van der Waals surface area contributed by atoms with E-state index < -0.39 is 9.84 Å². The van der Waals surface area contributed by atoms with Crippen molar-refractivity contribution in [1.82, 2.24) is 5.32 Å². The normalized spacial score (nSPS) is 17.1. The van der Waals surface area contributed by atoms with E-state index in [2.05, 4.69) is 5.32 Å². The van der Waals surface area contributed by atoms with Gasteiger partial charge in [0.2, 0.25) is 0 Å². The highest BCUT2D eigenvalue weighted by atomic mass is 32.2. The van der Waals surface area contributed by atoms with Crippen molar-refractivity contribution in [1.29, 1.82) is 0 Å². The minimum atomic E-state index is -3.38. The van der Waals surface area contributed by atoms with Gasteiger partial charge in [0.25, 0.3) is 5.91 Å². The first kappa shape index (κ1) is 14.1. The third kappa shape index (κ3) is 3.56. The molecule has 0 radical (unpaired) electrons. The van der Waals surface area contributed by atoms with E-state index in [0.717, 1.165) is 31.9 Å². The molecule has 104 valence electrons. The first-order chi connectivity index (χ1) is 8.98. The summed E-state index contributed by atoms with van der Waals surface area (Å²) in [5, 5.41) is 2.94. The van der Waals surface area contributed by atoms with Gasteiger partial charge in [-0.3, -0.25) is 4.79 Å². The smallest absolute Gasteiger partial charge is 0.252 e. The van der Waals surface area contributed by atoms with Gasteiger partial charge < -0.3 is 5.32 Å². The maximum atomic E-state index is 12.2. The number of nitrogens with one attached hydrogen (secondary N) is 1. The van der Waals surface area contributed by atoms with Gasteiger partial charge in [-0.2, -0.15) is 0 Å².